The van der Waals surface area contributed by atoms with Crippen LogP contribution in [0.25, 0.3) is 0 Å². The number of carbonyl (C=O) groups excluding carboxylic acids is 3. The van der Waals surface area contributed by atoms with Crippen LogP contribution in [0, 0.1) is 5.82 Å². The Bertz CT molecular complexity index is 1220. The van der Waals surface area contributed by atoms with Gasteiger partial charge >= 0.3 is 12.1 Å². The fourth-order valence-electron chi connectivity index (χ4n) is 3.38. The number of halogens is 1. The first-order valence-corrected chi connectivity index (χ1v) is 10.9. The maximum atomic E-state index is 14.6. The number of amides is 5. The summed E-state index contributed by atoms with van der Waals surface area (Å²) in [5.74, 6) is -0.749. The van der Waals surface area contributed by atoms with E-state index in [9.17, 15) is 18.8 Å². The Balaban J connectivity index is 1.31. The quantitative estimate of drug-likeness (QED) is 0.411. The summed E-state index contributed by atoms with van der Waals surface area (Å²) in [4.78, 5) is 42.0. The number of ether oxygens (including phenoxy) is 1. The van der Waals surface area contributed by atoms with Gasteiger partial charge in [-0.3, -0.25) is 15.5 Å². The molecule has 1 aliphatic heterocycles. The molecule has 0 unspecified atom stereocenters. The monoisotopic (exact) mass is 478 g/mol. The van der Waals surface area contributed by atoms with Crippen molar-refractivity contribution in [1.29, 1.82) is 0 Å². The number of benzene rings is 2. The largest absolute Gasteiger partial charge is 0.454 e. The van der Waals surface area contributed by atoms with E-state index >= 15 is 0 Å². The molecule has 4 rings (SSSR count). The highest BCUT2D eigenvalue weighted by Crippen LogP contribution is 2.27. The number of carbonyl (C=O) groups is 3. The number of hydrogen-bond donors (Lipinski definition) is 4. The number of aromatic nitrogens is 1. The van der Waals surface area contributed by atoms with Crippen LogP contribution in [0.1, 0.15) is 23.2 Å². The van der Waals surface area contributed by atoms with E-state index in [1.54, 1.807) is 35.2 Å². The molecule has 0 bridgehead atoms. The van der Waals surface area contributed by atoms with Crippen LogP contribution in [0.4, 0.5) is 25.5 Å². The summed E-state index contributed by atoms with van der Waals surface area (Å²) in [7, 11) is 0. The van der Waals surface area contributed by atoms with Crippen molar-refractivity contribution in [2.75, 3.05) is 23.7 Å². The Hall–Kier alpha value is -4.67. The third-order valence-corrected chi connectivity index (χ3v) is 5.10. The van der Waals surface area contributed by atoms with E-state index in [2.05, 4.69) is 26.5 Å². The predicted octanol–water partition coefficient (Wildman–Crippen LogP) is 4.11. The summed E-state index contributed by atoms with van der Waals surface area (Å²) < 4.78 is 20.2. The minimum atomic E-state index is -0.755. The second-order valence-corrected chi connectivity index (χ2v) is 7.65. The van der Waals surface area contributed by atoms with Gasteiger partial charge in [0.25, 0.3) is 5.91 Å². The van der Waals surface area contributed by atoms with Crippen molar-refractivity contribution in [2.24, 2.45) is 0 Å². The Labute approximate surface area is 200 Å². The third kappa shape index (κ3) is 6.44. The second kappa shape index (κ2) is 11.0. The van der Waals surface area contributed by atoms with Crippen LogP contribution in [0.15, 0.2) is 66.9 Å². The van der Waals surface area contributed by atoms with E-state index in [-0.39, 0.29) is 29.0 Å². The molecule has 4 N–H and O–H groups in total. The van der Waals surface area contributed by atoms with Gasteiger partial charge in [0, 0.05) is 42.7 Å². The minimum absolute atomic E-state index is 0.0867. The molecule has 5 amide bonds. The Kier molecular flexibility index (Phi) is 7.36. The van der Waals surface area contributed by atoms with Crippen molar-refractivity contribution >= 4 is 29.5 Å². The average Bonchev–Trinajstić information content (AvgIpc) is 3.40. The predicted molar refractivity (Wildman–Crippen MR) is 127 cm³/mol. The molecule has 0 radical (unpaired) electrons. The van der Waals surface area contributed by atoms with Crippen molar-refractivity contribution in [3.63, 3.8) is 0 Å². The van der Waals surface area contributed by atoms with Gasteiger partial charge in [-0.25, -0.2) is 24.4 Å². The number of anilines is 2. The van der Waals surface area contributed by atoms with Gasteiger partial charge in [0.05, 0.1) is 0 Å². The van der Waals surface area contributed by atoms with E-state index < -0.39 is 17.8 Å². The van der Waals surface area contributed by atoms with Gasteiger partial charge in [-0.15, -0.1) is 0 Å². The summed E-state index contributed by atoms with van der Waals surface area (Å²) in [6.45, 7) is 1.40. The second-order valence-electron chi connectivity index (χ2n) is 7.65. The molecule has 1 aliphatic rings. The first kappa shape index (κ1) is 23.5. The maximum Gasteiger partial charge on any atom is 0.337 e. The number of nitrogens with one attached hydrogen (secondary N) is 4. The Morgan fingerprint density at radius 1 is 0.914 bits per heavy atom. The van der Waals surface area contributed by atoms with Gasteiger partial charge in [-0.1, -0.05) is 18.2 Å². The highest BCUT2D eigenvalue weighted by Gasteiger charge is 2.18. The van der Waals surface area contributed by atoms with Crippen LogP contribution in [-0.4, -0.2) is 40.9 Å². The molecule has 3 aromatic rings. The van der Waals surface area contributed by atoms with Gasteiger partial charge < -0.3 is 15.0 Å². The molecule has 0 spiro atoms. The van der Waals surface area contributed by atoms with Crippen LogP contribution < -0.4 is 26.2 Å². The summed E-state index contributed by atoms with van der Waals surface area (Å²) in [5, 5.41) is 5.12. The molecule has 0 atom stereocenters. The third-order valence-electron chi connectivity index (χ3n) is 5.10. The highest BCUT2D eigenvalue weighted by atomic mass is 19.1. The summed E-state index contributed by atoms with van der Waals surface area (Å²) in [6.07, 6.45) is 3.38. The molecule has 35 heavy (non-hydrogen) atoms. The molecule has 180 valence electrons. The smallest absolute Gasteiger partial charge is 0.337 e. The number of urea groups is 2. The number of hydrazine groups is 1. The van der Waals surface area contributed by atoms with Crippen molar-refractivity contribution in [3.8, 4) is 11.5 Å². The van der Waals surface area contributed by atoms with E-state index in [4.69, 9.17) is 4.74 Å². The number of rotatable bonds is 5. The first-order chi connectivity index (χ1) is 17.0. The topological polar surface area (TPSA) is 125 Å². The number of likely N-dealkylation sites (tertiary alicyclic amines) is 1. The van der Waals surface area contributed by atoms with Crippen molar-refractivity contribution < 1.29 is 23.5 Å². The van der Waals surface area contributed by atoms with Crippen molar-refractivity contribution in [2.45, 2.75) is 12.8 Å². The van der Waals surface area contributed by atoms with Gasteiger partial charge in [0.15, 0.2) is 11.6 Å². The molecule has 2 heterocycles. The zero-order chi connectivity index (χ0) is 24.6. The SMILES string of the molecule is O=C(NNC(=O)c1ccccc1)Nc1ccc(Oc2ccnc(NC(=O)N3CCCC3)c2)c(F)c1. The van der Waals surface area contributed by atoms with E-state index in [1.807, 2.05) is 0 Å². The van der Waals surface area contributed by atoms with Gasteiger partial charge in [0.1, 0.15) is 11.6 Å². The van der Waals surface area contributed by atoms with Gasteiger partial charge in [-0.2, -0.15) is 0 Å². The first-order valence-electron chi connectivity index (χ1n) is 10.9. The fourth-order valence-corrected chi connectivity index (χ4v) is 3.38. The molecular formula is C24H23FN6O4. The lowest BCUT2D eigenvalue weighted by Crippen LogP contribution is -2.43. The number of nitrogens with zero attached hydrogens (tertiary/aromatic N) is 2. The molecule has 1 aromatic heterocycles. The number of pyridine rings is 1. The van der Waals surface area contributed by atoms with Gasteiger partial charge in [0.2, 0.25) is 0 Å². The lowest BCUT2D eigenvalue weighted by atomic mass is 10.2. The number of hydrogen-bond acceptors (Lipinski definition) is 5. The van der Waals surface area contributed by atoms with E-state index in [0.717, 1.165) is 18.9 Å². The molecule has 0 aliphatic carbocycles. The molecule has 1 fully saturated rings. The van der Waals surface area contributed by atoms with Crippen LogP contribution in [0.3, 0.4) is 0 Å². The van der Waals surface area contributed by atoms with Crippen molar-refractivity contribution in [1.82, 2.24) is 20.7 Å². The Morgan fingerprint density at radius 3 is 2.43 bits per heavy atom. The van der Waals surface area contributed by atoms with Gasteiger partial charge in [-0.05, 0) is 43.2 Å². The van der Waals surface area contributed by atoms with Crippen LogP contribution in [0.5, 0.6) is 11.5 Å². The van der Waals surface area contributed by atoms with Crippen LogP contribution >= 0.6 is 0 Å². The lowest BCUT2D eigenvalue weighted by Gasteiger charge is -2.16. The lowest BCUT2D eigenvalue weighted by molar-refractivity contribution is 0.0938. The highest BCUT2D eigenvalue weighted by molar-refractivity contribution is 5.97. The normalized spacial score (nSPS) is 12.5. The molecule has 0 saturated carbocycles. The standard InChI is InChI=1S/C24H23FN6O4/c25-19-14-17(27-23(33)30-29-22(32)16-6-2-1-3-7-16)8-9-20(19)35-18-10-11-26-21(15-18)28-24(34)31-12-4-5-13-31/h1-3,6-11,14-15H,4-5,12-13H2,(H,29,32)(H,26,28,34)(H2,27,30,33). The molecular weight excluding hydrogens is 455 g/mol. The molecule has 1 saturated heterocycles. The maximum absolute atomic E-state index is 14.6. The summed E-state index contributed by atoms with van der Waals surface area (Å²) in [6, 6.07) is 14.2. The fraction of sp³-hybridized carbons (Fsp3) is 0.167. The molecule has 2 aromatic carbocycles. The average molecular weight is 478 g/mol. The van der Waals surface area contributed by atoms with Crippen LogP contribution in [-0.2, 0) is 0 Å². The van der Waals surface area contributed by atoms with E-state index in [0.29, 0.717) is 18.7 Å². The zero-order valence-electron chi connectivity index (χ0n) is 18.6. The Morgan fingerprint density at radius 2 is 1.69 bits per heavy atom. The summed E-state index contributed by atoms with van der Waals surface area (Å²) in [5.41, 5.74) is 4.97. The minimum Gasteiger partial charge on any atom is -0.454 e. The summed E-state index contributed by atoms with van der Waals surface area (Å²) >= 11 is 0. The van der Waals surface area contributed by atoms with Crippen LogP contribution in [0.2, 0.25) is 0 Å². The van der Waals surface area contributed by atoms with E-state index in [1.165, 1.54) is 30.5 Å². The molecule has 11 heteroatoms. The van der Waals surface area contributed by atoms with Crippen molar-refractivity contribution in [3.05, 3.63) is 78.2 Å². The molecule has 10 nitrogen and oxygen atoms in total. The zero-order valence-corrected chi connectivity index (χ0v) is 18.6.